The Bertz CT molecular complexity index is 707. The molecule has 142 valence electrons. The smallest absolute Gasteiger partial charge is 0.257 e. The standard InChI is InChI=1S/C20H28N2O4/c1-21(2)10-14-15-11-22(12-20(15)9-8-16(14)26-20)19(23)13-6-5-7-17(24-3)18(13)25-4/h5-7,14-16H,8-12H2,1-4H3/t14-,15+,16+,20+/m0/s1. The third-order valence-electron chi connectivity index (χ3n) is 6.28. The molecule has 0 unspecified atom stereocenters. The second kappa shape index (κ2) is 6.43. The van der Waals surface area contributed by atoms with E-state index in [0.29, 0.717) is 41.5 Å². The highest BCUT2D eigenvalue weighted by Crippen LogP contribution is 2.55. The average Bonchev–Trinajstić information content (AvgIpc) is 3.29. The van der Waals surface area contributed by atoms with Gasteiger partial charge in [0.15, 0.2) is 11.5 Å². The topological polar surface area (TPSA) is 51.2 Å². The summed E-state index contributed by atoms with van der Waals surface area (Å²) in [5, 5.41) is 0. The molecule has 3 fully saturated rings. The van der Waals surface area contributed by atoms with Crippen molar-refractivity contribution in [2.24, 2.45) is 11.8 Å². The lowest BCUT2D eigenvalue weighted by Crippen LogP contribution is -2.40. The van der Waals surface area contributed by atoms with Crippen LogP contribution in [-0.2, 0) is 4.74 Å². The van der Waals surface area contributed by atoms with Crippen molar-refractivity contribution in [2.45, 2.75) is 24.5 Å². The van der Waals surface area contributed by atoms with Crippen molar-refractivity contribution in [3.8, 4) is 11.5 Å². The molecular weight excluding hydrogens is 332 g/mol. The largest absolute Gasteiger partial charge is 0.493 e. The number of amides is 1. The Kier molecular flexibility index (Phi) is 4.35. The number of carbonyl (C=O) groups is 1. The predicted molar refractivity (Wildman–Crippen MR) is 97.8 cm³/mol. The predicted octanol–water partition coefficient (Wildman–Crippen LogP) is 1.88. The lowest BCUT2D eigenvalue weighted by atomic mass is 9.73. The Morgan fingerprint density at radius 2 is 2.15 bits per heavy atom. The molecule has 4 rings (SSSR count). The SMILES string of the molecule is COc1cccc(C(=O)N2C[C@@H]3[C@H](CN(C)C)[C@H]4CC[C@]3(C2)O4)c1OC. The van der Waals surface area contributed by atoms with Crippen LogP contribution >= 0.6 is 0 Å². The molecule has 0 saturated carbocycles. The summed E-state index contributed by atoms with van der Waals surface area (Å²) in [7, 11) is 7.38. The molecule has 3 aliphatic heterocycles. The summed E-state index contributed by atoms with van der Waals surface area (Å²) in [5.41, 5.74) is 0.412. The second-order valence-corrected chi connectivity index (χ2v) is 8.02. The van der Waals surface area contributed by atoms with Crippen molar-refractivity contribution in [3.05, 3.63) is 23.8 Å². The maximum atomic E-state index is 13.3. The quantitative estimate of drug-likeness (QED) is 0.803. The van der Waals surface area contributed by atoms with Gasteiger partial charge in [0.1, 0.15) is 0 Å². The van der Waals surface area contributed by atoms with E-state index in [1.165, 1.54) is 0 Å². The van der Waals surface area contributed by atoms with E-state index in [0.717, 1.165) is 25.9 Å². The van der Waals surface area contributed by atoms with Gasteiger partial charge in [-0.1, -0.05) is 6.07 Å². The van der Waals surface area contributed by atoms with E-state index < -0.39 is 0 Å². The first-order valence-electron chi connectivity index (χ1n) is 9.32. The van der Waals surface area contributed by atoms with Crippen LogP contribution in [0.4, 0.5) is 0 Å². The van der Waals surface area contributed by atoms with Crippen LogP contribution in [0.25, 0.3) is 0 Å². The number of ether oxygens (including phenoxy) is 3. The molecule has 0 N–H and O–H groups in total. The maximum absolute atomic E-state index is 13.3. The van der Waals surface area contributed by atoms with Crippen molar-refractivity contribution in [1.82, 2.24) is 9.80 Å². The maximum Gasteiger partial charge on any atom is 0.257 e. The van der Waals surface area contributed by atoms with Gasteiger partial charge in [0, 0.05) is 24.9 Å². The number of fused-ring (bicyclic) bond motifs is 1. The first-order valence-corrected chi connectivity index (χ1v) is 9.32. The normalized spacial score (nSPS) is 32.2. The summed E-state index contributed by atoms with van der Waals surface area (Å²) in [6, 6.07) is 5.45. The summed E-state index contributed by atoms with van der Waals surface area (Å²) < 4.78 is 17.3. The summed E-state index contributed by atoms with van der Waals surface area (Å²) in [5.74, 6) is 2.01. The fourth-order valence-electron chi connectivity index (χ4n) is 5.24. The van der Waals surface area contributed by atoms with Gasteiger partial charge in [-0.15, -0.1) is 0 Å². The highest BCUT2D eigenvalue weighted by molar-refractivity contribution is 5.98. The van der Waals surface area contributed by atoms with Crippen molar-refractivity contribution in [1.29, 1.82) is 0 Å². The van der Waals surface area contributed by atoms with Gasteiger partial charge in [-0.2, -0.15) is 0 Å². The van der Waals surface area contributed by atoms with Crippen LogP contribution in [0.3, 0.4) is 0 Å². The van der Waals surface area contributed by atoms with E-state index in [1.807, 2.05) is 23.1 Å². The van der Waals surface area contributed by atoms with Crippen LogP contribution in [0.1, 0.15) is 23.2 Å². The van der Waals surface area contributed by atoms with Gasteiger partial charge in [-0.05, 0) is 39.1 Å². The van der Waals surface area contributed by atoms with Gasteiger partial charge in [0.2, 0.25) is 0 Å². The molecule has 1 spiro atoms. The number of methoxy groups -OCH3 is 2. The first kappa shape index (κ1) is 17.6. The van der Waals surface area contributed by atoms with Gasteiger partial charge < -0.3 is 24.0 Å². The summed E-state index contributed by atoms with van der Waals surface area (Å²) in [6.07, 6.45) is 2.52. The van der Waals surface area contributed by atoms with Crippen LogP contribution in [-0.4, -0.2) is 75.4 Å². The van der Waals surface area contributed by atoms with Crippen molar-refractivity contribution >= 4 is 5.91 Å². The molecule has 4 atom stereocenters. The second-order valence-electron chi connectivity index (χ2n) is 8.02. The number of benzene rings is 1. The molecule has 3 aliphatic rings. The number of hydrogen-bond acceptors (Lipinski definition) is 5. The van der Waals surface area contributed by atoms with Crippen molar-refractivity contribution in [2.75, 3.05) is 47.9 Å². The fraction of sp³-hybridized carbons (Fsp3) is 0.650. The molecule has 0 aromatic heterocycles. The number of rotatable bonds is 5. The molecule has 3 heterocycles. The number of likely N-dealkylation sites (tertiary alicyclic amines) is 1. The molecule has 2 bridgehead atoms. The van der Waals surface area contributed by atoms with Gasteiger partial charge in [0.25, 0.3) is 5.91 Å². The summed E-state index contributed by atoms with van der Waals surface area (Å²) in [4.78, 5) is 17.4. The molecule has 0 aliphatic carbocycles. The monoisotopic (exact) mass is 360 g/mol. The Balaban J connectivity index is 1.59. The van der Waals surface area contributed by atoms with E-state index >= 15 is 0 Å². The van der Waals surface area contributed by atoms with Gasteiger partial charge >= 0.3 is 0 Å². The average molecular weight is 360 g/mol. The molecule has 1 aromatic rings. The van der Waals surface area contributed by atoms with Crippen LogP contribution in [0, 0.1) is 11.8 Å². The minimum absolute atomic E-state index is 0.000165. The van der Waals surface area contributed by atoms with Crippen LogP contribution in [0.2, 0.25) is 0 Å². The third-order valence-corrected chi connectivity index (χ3v) is 6.28. The molecule has 1 aromatic carbocycles. The van der Waals surface area contributed by atoms with Crippen LogP contribution in [0.15, 0.2) is 18.2 Å². The fourth-order valence-corrected chi connectivity index (χ4v) is 5.24. The first-order chi connectivity index (χ1) is 12.5. The van der Waals surface area contributed by atoms with Crippen molar-refractivity contribution in [3.63, 3.8) is 0 Å². The molecule has 6 nitrogen and oxygen atoms in total. The third kappa shape index (κ3) is 2.58. The highest BCUT2D eigenvalue weighted by Gasteiger charge is 2.63. The molecule has 0 radical (unpaired) electrons. The lowest BCUT2D eigenvalue weighted by Gasteiger charge is -2.30. The van der Waals surface area contributed by atoms with Gasteiger partial charge in [0.05, 0.1) is 38.0 Å². The van der Waals surface area contributed by atoms with Crippen LogP contribution in [0.5, 0.6) is 11.5 Å². The number of carbonyl (C=O) groups excluding carboxylic acids is 1. The Hall–Kier alpha value is -1.79. The zero-order chi connectivity index (χ0) is 18.5. The Morgan fingerprint density at radius 3 is 2.85 bits per heavy atom. The Morgan fingerprint density at radius 1 is 1.35 bits per heavy atom. The number of nitrogens with zero attached hydrogens (tertiary/aromatic N) is 2. The number of hydrogen-bond donors (Lipinski definition) is 0. The van der Waals surface area contributed by atoms with E-state index in [2.05, 4.69) is 19.0 Å². The molecule has 6 heteroatoms. The molecule has 3 saturated heterocycles. The summed E-state index contributed by atoms with van der Waals surface area (Å²) in [6.45, 7) is 2.45. The van der Waals surface area contributed by atoms with Gasteiger partial charge in [-0.25, -0.2) is 0 Å². The van der Waals surface area contributed by atoms with E-state index in [4.69, 9.17) is 14.2 Å². The molecule has 1 amide bonds. The van der Waals surface area contributed by atoms with E-state index in [-0.39, 0.29) is 11.5 Å². The summed E-state index contributed by atoms with van der Waals surface area (Å²) >= 11 is 0. The lowest BCUT2D eigenvalue weighted by molar-refractivity contribution is 0.00252. The minimum atomic E-state index is -0.146. The van der Waals surface area contributed by atoms with E-state index in [1.54, 1.807) is 14.2 Å². The zero-order valence-electron chi connectivity index (χ0n) is 16.0. The van der Waals surface area contributed by atoms with Crippen LogP contribution < -0.4 is 9.47 Å². The zero-order valence-corrected chi connectivity index (χ0v) is 16.0. The minimum Gasteiger partial charge on any atom is -0.493 e. The van der Waals surface area contributed by atoms with Gasteiger partial charge in [-0.3, -0.25) is 4.79 Å². The van der Waals surface area contributed by atoms with E-state index in [9.17, 15) is 4.79 Å². The van der Waals surface area contributed by atoms with Crippen molar-refractivity contribution < 1.29 is 19.0 Å². The Labute approximate surface area is 155 Å². The highest BCUT2D eigenvalue weighted by atomic mass is 16.5. The molecular formula is C20H28N2O4. The molecule has 26 heavy (non-hydrogen) atoms. The number of para-hydroxylation sites is 1.